The van der Waals surface area contributed by atoms with Gasteiger partial charge in [0, 0.05) is 23.7 Å². The maximum Gasteiger partial charge on any atom is 0.242 e. The van der Waals surface area contributed by atoms with Crippen LogP contribution in [0.25, 0.3) is 0 Å². The Labute approximate surface area is 173 Å². The van der Waals surface area contributed by atoms with Crippen LogP contribution in [0.5, 0.6) is 0 Å². The van der Waals surface area contributed by atoms with Crippen LogP contribution in [0.4, 0.5) is 11.4 Å². The molecule has 2 aromatic carbocycles. The number of thioether (sulfide) groups is 1. The smallest absolute Gasteiger partial charge is 0.242 e. The molecule has 0 radical (unpaired) electrons. The molecular weight excluding hydrogens is 394 g/mol. The van der Waals surface area contributed by atoms with Crippen molar-refractivity contribution in [3.05, 3.63) is 71.8 Å². The molecule has 1 atom stereocenters. The normalized spacial score (nSPS) is 17.8. The molecule has 2 aromatic rings. The largest absolute Gasteiger partial charge is 0.326 e. The molecule has 0 bridgehead atoms. The molecule has 0 spiro atoms. The number of anilines is 1. The summed E-state index contributed by atoms with van der Waals surface area (Å²) in [7, 11) is 0. The number of halogens is 1. The van der Waals surface area contributed by atoms with Gasteiger partial charge in [-0.3, -0.25) is 14.5 Å². The molecule has 1 N–H and O–H groups in total. The number of nitrogens with one attached hydrogen (secondary N) is 1. The number of benzene rings is 2. The average Bonchev–Trinajstić information content (AvgIpc) is 2.93. The molecule has 1 heterocycles. The molecule has 5 nitrogen and oxygen atoms in total. The van der Waals surface area contributed by atoms with E-state index in [4.69, 9.17) is 11.6 Å². The fraction of sp³-hybridized carbons (Fsp3) is 0.190. The topological polar surface area (TPSA) is 61.8 Å². The summed E-state index contributed by atoms with van der Waals surface area (Å²) >= 11 is 7.30. The molecule has 1 aliphatic rings. The van der Waals surface area contributed by atoms with Crippen molar-refractivity contribution >= 4 is 51.7 Å². The minimum atomic E-state index is -0.526. The number of aryl methyl sites for hydroxylation is 1. The first-order chi connectivity index (χ1) is 13.5. The van der Waals surface area contributed by atoms with Gasteiger partial charge in [0.25, 0.3) is 0 Å². The highest BCUT2D eigenvalue weighted by Gasteiger charge is 2.38. The van der Waals surface area contributed by atoms with Crippen molar-refractivity contribution in [3.63, 3.8) is 0 Å². The zero-order valence-electron chi connectivity index (χ0n) is 15.4. The number of amides is 2. The van der Waals surface area contributed by atoms with E-state index in [1.165, 1.54) is 11.8 Å². The van der Waals surface area contributed by atoms with Gasteiger partial charge < -0.3 is 5.32 Å². The zero-order chi connectivity index (χ0) is 20.1. The van der Waals surface area contributed by atoms with E-state index in [1.54, 1.807) is 29.2 Å². The van der Waals surface area contributed by atoms with Gasteiger partial charge in [0.1, 0.15) is 5.25 Å². The predicted octanol–water partition coefficient (Wildman–Crippen LogP) is 4.79. The third-order valence-electron chi connectivity index (χ3n) is 4.15. The summed E-state index contributed by atoms with van der Waals surface area (Å²) in [4.78, 5) is 31.3. The van der Waals surface area contributed by atoms with Crippen LogP contribution in [0.1, 0.15) is 12.0 Å². The molecule has 1 saturated heterocycles. The van der Waals surface area contributed by atoms with E-state index in [2.05, 4.69) is 16.9 Å². The first-order valence-electron chi connectivity index (χ1n) is 8.76. The molecular formula is C21H20ClN3O2S. The first kappa shape index (κ1) is 20.2. The van der Waals surface area contributed by atoms with Crippen LogP contribution in [0.3, 0.4) is 0 Å². The van der Waals surface area contributed by atoms with Gasteiger partial charge >= 0.3 is 0 Å². The highest BCUT2D eigenvalue weighted by molar-refractivity contribution is 8.15. The second-order valence-corrected chi connectivity index (χ2v) is 7.89. The van der Waals surface area contributed by atoms with Crippen molar-refractivity contribution in [3.8, 4) is 0 Å². The van der Waals surface area contributed by atoms with E-state index >= 15 is 0 Å². The van der Waals surface area contributed by atoms with Crippen molar-refractivity contribution in [1.82, 2.24) is 4.90 Å². The Hall–Kier alpha value is -2.57. The van der Waals surface area contributed by atoms with Crippen LogP contribution in [0.15, 0.2) is 66.2 Å². The summed E-state index contributed by atoms with van der Waals surface area (Å²) < 4.78 is 0. The predicted molar refractivity (Wildman–Crippen MR) is 116 cm³/mol. The lowest BCUT2D eigenvalue weighted by Crippen LogP contribution is -2.33. The second-order valence-electron chi connectivity index (χ2n) is 6.29. The Bertz CT molecular complexity index is 945. The Kier molecular flexibility index (Phi) is 6.54. The van der Waals surface area contributed by atoms with Crippen LogP contribution in [-0.2, 0) is 9.59 Å². The maximum absolute atomic E-state index is 12.8. The molecule has 144 valence electrons. The Balaban J connectivity index is 1.75. The van der Waals surface area contributed by atoms with Crippen LogP contribution < -0.4 is 5.32 Å². The van der Waals surface area contributed by atoms with E-state index in [1.807, 2.05) is 37.3 Å². The molecule has 3 rings (SSSR count). The summed E-state index contributed by atoms with van der Waals surface area (Å²) in [6, 6.07) is 14.6. The summed E-state index contributed by atoms with van der Waals surface area (Å²) in [6.45, 7) is 5.96. The van der Waals surface area contributed by atoms with Crippen LogP contribution >= 0.6 is 23.4 Å². The highest BCUT2D eigenvalue weighted by Crippen LogP contribution is 2.32. The number of aliphatic imine (C=N–C) groups is 1. The molecule has 1 aliphatic heterocycles. The van der Waals surface area contributed by atoms with Crippen LogP contribution in [-0.4, -0.2) is 33.7 Å². The number of rotatable bonds is 6. The van der Waals surface area contributed by atoms with Gasteiger partial charge in [-0.05, 0) is 36.8 Å². The summed E-state index contributed by atoms with van der Waals surface area (Å²) in [5.74, 6) is -0.353. The Morgan fingerprint density at radius 2 is 2.11 bits per heavy atom. The molecule has 7 heteroatoms. The molecule has 28 heavy (non-hydrogen) atoms. The number of carbonyl (C=O) groups is 2. The van der Waals surface area contributed by atoms with Gasteiger partial charge in [-0.15, -0.1) is 6.58 Å². The maximum atomic E-state index is 12.8. The lowest BCUT2D eigenvalue weighted by molar-refractivity contribution is -0.127. The fourth-order valence-electron chi connectivity index (χ4n) is 2.76. The number of nitrogens with zero attached hydrogens (tertiary/aromatic N) is 2. The number of hydrogen-bond acceptors (Lipinski definition) is 4. The van der Waals surface area contributed by atoms with Crippen molar-refractivity contribution < 1.29 is 9.59 Å². The van der Waals surface area contributed by atoms with Gasteiger partial charge in [0.05, 0.1) is 5.69 Å². The average molecular weight is 414 g/mol. The van der Waals surface area contributed by atoms with Crippen LogP contribution in [0.2, 0.25) is 5.02 Å². The van der Waals surface area contributed by atoms with Gasteiger partial charge in [0.2, 0.25) is 11.8 Å². The van der Waals surface area contributed by atoms with Crippen molar-refractivity contribution in [2.45, 2.75) is 18.6 Å². The molecule has 2 amide bonds. The van der Waals surface area contributed by atoms with Crippen molar-refractivity contribution in [1.29, 1.82) is 0 Å². The van der Waals surface area contributed by atoms with E-state index in [0.29, 0.717) is 22.4 Å². The highest BCUT2D eigenvalue weighted by atomic mass is 35.5. The SMILES string of the molecule is C=CCN1C(=O)[C@@H](CC(=O)Nc2ccccc2C)SC1=Nc1cccc(Cl)c1. The zero-order valence-corrected chi connectivity index (χ0v) is 17.0. The van der Waals surface area contributed by atoms with E-state index in [-0.39, 0.29) is 18.2 Å². The lowest BCUT2D eigenvalue weighted by Gasteiger charge is -2.14. The summed E-state index contributed by atoms with van der Waals surface area (Å²) in [5, 5.41) is 3.46. The minimum Gasteiger partial charge on any atom is -0.326 e. The molecule has 0 aliphatic carbocycles. The molecule has 1 fully saturated rings. The molecule has 0 unspecified atom stereocenters. The molecule has 0 saturated carbocycles. The summed E-state index contributed by atoms with van der Waals surface area (Å²) in [6.07, 6.45) is 1.71. The van der Waals surface area contributed by atoms with E-state index < -0.39 is 5.25 Å². The summed E-state index contributed by atoms with van der Waals surface area (Å²) in [5.41, 5.74) is 2.37. The number of amidine groups is 1. The number of para-hydroxylation sites is 1. The molecule has 0 aromatic heterocycles. The quantitative estimate of drug-likeness (QED) is 0.692. The van der Waals surface area contributed by atoms with E-state index in [9.17, 15) is 9.59 Å². The fourth-order valence-corrected chi connectivity index (χ4v) is 4.11. The van der Waals surface area contributed by atoms with Gasteiger partial charge in [0.15, 0.2) is 5.17 Å². The Morgan fingerprint density at radius 1 is 1.32 bits per heavy atom. The lowest BCUT2D eigenvalue weighted by atomic mass is 10.2. The van der Waals surface area contributed by atoms with Crippen molar-refractivity contribution in [2.75, 3.05) is 11.9 Å². The van der Waals surface area contributed by atoms with E-state index in [0.717, 1.165) is 11.3 Å². The van der Waals surface area contributed by atoms with Gasteiger partial charge in [-0.25, -0.2) is 4.99 Å². The monoisotopic (exact) mass is 413 g/mol. The van der Waals surface area contributed by atoms with Gasteiger partial charge in [-0.2, -0.15) is 0 Å². The number of carbonyl (C=O) groups excluding carboxylic acids is 2. The van der Waals surface area contributed by atoms with Crippen molar-refractivity contribution in [2.24, 2.45) is 4.99 Å². The van der Waals surface area contributed by atoms with Gasteiger partial charge in [-0.1, -0.05) is 53.7 Å². The third kappa shape index (κ3) is 4.82. The minimum absolute atomic E-state index is 0.0695. The third-order valence-corrected chi connectivity index (χ3v) is 5.57. The second kappa shape index (κ2) is 9.08. The standard InChI is InChI=1S/C21H20ClN3O2S/c1-3-11-25-20(27)18(13-19(26)24-17-10-5-4-7-14(17)2)28-21(25)23-16-9-6-8-15(22)12-16/h3-10,12,18H,1,11,13H2,2H3,(H,24,26)/t18-/m1/s1. The number of hydrogen-bond donors (Lipinski definition) is 1. The van der Waals surface area contributed by atoms with Crippen LogP contribution in [0, 0.1) is 6.92 Å². The Morgan fingerprint density at radius 3 is 2.82 bits per heavy atom. The first-order valence-corrected chi connectivity index (χ1v) is 10.0.